The summed E-state index contributed by atoms with van der Waals surface area (Å²) in [7, 11) is 0. The largest absolute Gasteiger partial charge is 0.315 e. The van der Waals surface area contributed by atoms with E-state index >= 15 is 0 Å². The van der Waals surface area contributed by atoms with Crippen LogP contribution in [-0.4, -0.2) is 6.71 Å². The van der Waals surface area contributed by atoms with E-state index in [4.69, 9.17) is 0 Å². The van der Waals surface area contributed by atoms with E-state index in [-0.39, 0.29) is 12.1 Å². The third-order valence-corrected chi connectivity index (χ3v) is 12.6. The Balaban J connectivity index is 1.33. The molecule has 0 unspecified atom stereocenters. The average Bonchev–Trinajstić information content (AvgIpc) is 3.82. The third kappa shape index (κ3) is 3.68. The van der Waals surface area contributed by atoms with E-state index in [0.29, 0.717) is 0 Å². The van der Waals surface area contributed by atoms with Gasteiger partial charge in [-0.05, 0) is 91.2 Å². The first kappa shape index (κ1) is 27.6. The summed E-state index contributed by atoms with van der Waals surface area (Å²) in [5.74, 6) is 0. The van der Waals surface area contributed by atoms with E-state index < -0.39 is 0 Å². The first-order chi connectivity index (χ1) is 23.2. The zero-order valence-electron chi connectivity index (χ0n) is 27.1. The van der Waals surface area contributed by atoms with Crippen molar-refractivity contribution >= 4 is 77.6 Å². The molecule has 228 valence electrons. The number of unbranched alkanes of at least 4 members (excludes halogenated alkanes) is 1. The number of anilines is 4. The van der Waals surface area contributed by atoms with E-state index in [1.54, 1.807) is 11.0 Å². The maximum atomic E-state index is 2.68. The van der Waals surface area contributed by atoms with E-state index in [9.17, 15) is 0 Å². The number of benzene rings is 5. The molecule has 2 nitrogen and oxygen atoms in total. The summed E-state index contributed by atoms with van der Waals surface area (Å²) in [4.78, 5) is 5.20. The zero-order chi connectivity index (χ0) is 31.3. The number of rotatable bonds is 4. The van der Waals surface area contributed by atoms with Crippen LogP contribution in [0.25, 0.3) is 25.9 Å². The fourth-order valence-electron chi connectivity index (χ4n) is 9.59. The Morgan fingerprint density at radius 3 is 2.38 bits per heavy atom. The molecule has 6 aromatic rings. The van der Waals surface area contributed by atoms with Gasteiger partial charge in [0.25, 0.3) is 0 Å². The van der Waals surface area contributed by atoms with Crippen molar-refractivity contribution in [2.75, 3.05) is 9.80 Å². The molecule has 5 aromatic carbocycles. The highest BCUT2D eigenvalue weighted by Gasteiger charge is 2.56. The van der Waals surface area contributed by atoms with Crippen molar-refractivity contribution in [1.82, 2.24) is 0 Å². The summed E-state index contributed by atoms with van der Waals surface area (Å²) in [5, 5.41) is 2.79. The topological polar surface area (TPSA) is 6.48 Å². The smallest absolute Gasteiger partial charge is 0.248 e. The van der Waals surface area contributed by atoms with Crippen LogP contribution in [0.15, 0.2) is 126 Å². The van der Waals surface area contributed by atoms with E-state index in [0.717, 1.165) is 12.8 Å². The van der Waals surface area contributed by atoms with Crippen LogP contribution >= 0.6 is 11.3 Å². The van der Waals surface area contributed by atoms with Crippen LogP contribution in [0.5, 0.6) is 0 Å². The summed E-state index contributed by atoms with van der Waals surface area (Å²) in [5.41, 5.74) is 15.6. The molecule has 0 radical (unpaired) electrons. The van der Waals surface area contributed by atoms with Gasteiger partial charge >= 0.3 is 0 Å². The van der Waals surface area contributed by atoms with Gasteiger partial charge in [-0.1, -0.05) is 98.4 Å². The molecular weight excluding hydrogens is 587 g/mol. The Labute approximate surface area is 281 Å². The predicted octanol–water partition coefficient (Wildman–Crippen LogP) is 10.7. The zero-order valence-corrected chi connectivity index (χ0v) is 27.9. The molecule has 4 aliphatic rings. The molecule has 3 heterocycles. The first-order valence-electron chi connectivity index (χ1n) is 17.4. The van der Waals surface area contributed by atoms with Crippen LogP contribution in [-0.2, 0) is 5.41 Å². The van der Waals surface area contributed by atoms with Gasteiger partial charge in [-0.25, -0.2) is 0 Å². The van der Waals surface area contributed by atoms with Gasteiger partial charge in [-0.3, -0.25) is 0 Å². The van der Waals surface area contributed by atoms with Crippen molar-refractivity contribution in [3.8, 4) is 0 Å². The lowest BCUT2D eigenvalue weighted by atomic mass is 9.30. The highest BCUT2D eigenvalue weighted by Crippen LogP contribution is 2.61. The molecule has 2 aliphatic heterocycles. The summed E-state index contributed by atoms with van der Waals surface area (Å²) in [6, 6.07) is 41.5. The van der Waals surface area contributed by atoms with Crippen LogP contribution in [0.3, 0.4) is 0 Å². The third-order valence-electron chi connectivity index (χ3n) is 11.4. The number of allylic oxidation sites excluding steroid dienone is 3. The second-order valence-electron chi connectivity index (χ2n) is 13.9. The standard InChI is InChI=1S/C43H37BN2S/c1-3-4-15-28(2)45-36-21-14-22-37-40(36)44(34-19-9-10-20-35(34)46(37)29-16-6-5-7-17-29)42-41(45)32-26-31-30-18-8-11-23-38(30)47-39(31)27-33(32)43(42)24-12-13-25-43/h5-11,14-23,26-27H,3-4,12-13,24-25H2,1-2H3/b28-15+. The van der Waals surface area contributed by atoms with E-state index in [1.165, 1.54) is 96.5 Å². The Morgan fingerprint density at radius 1 is 0.787 bits per heavy atom. The number of para-hydroxylation sites is 2. The molecule has 1 fully saturated rings. The SMILES string of the molecule is CCC/C=C(\C)N1C2=C(B3c4ccccc4N(c4ccccc4)c4cccc1c43)C1(CCCC1)c1cc3sc4ccccc4c3cc12. The number of thiophene rings is 1. The Hall–Kier alpha value is -4.54. The van der Waals surface area contributed by atoms with Gasteiger partial charge < -0.3 is 9.80 Å². The minimum atomic E-state index is 0.0375. The molecule has 0 N–H and O–H groups in total. The molecule has 0 atom stereocenters. The van der Waals surface area contributed by atoms with E-state index in [1.807, 2.05) is 11.3 Å². The molecule has 0 amide bonds. The van der Waals surface area contributed by atoms with Gasteiger partial charge in [-0.15, -0.1) is 11.3 Å². The average molecular weight is 625 g/mol. The summed E-state index contributed by atoms with van der Waals surface area (Å²) >= 11 is 1.97. The van der Waals surface area contributed by atoms with Gasteiger partial charge in [0.05, 0.1) is 0 Å². The van der Waals surface area contributed by atoms with Crippen molar-refractivity contribution in [1.29, 1.82) is 0 Å². The first-order valence-corrected chi connectivity index (χ1v) is 18.3. The minimum Gasteiger partial charge on any atom is -0.315 e. The van der Waals surface area contributed by atoms with Gasteiger partial charge in [0.1, 0.15) is 0 Å². The van der Waals surface area contributed by atoms with Crippen LogP contribution in [0.4, 0.5) is 22.7 Å². The van der Waals surface area contributed by atoms with Gasteiger partial charge in [0, 0.05) is 65.3 Å². The van der Waals surface area contributed by atoms with Crippen molar-refractivity contribution in [3.63, 3.8) is 0 Å². The second kappa shape index (κ2) is 10.2. The van der Waals surface area contributed by atoms with Crippen LogP contribution < -0.4 is 20.7 Å². The quantitative estimate of drug-likeness (QED) is 0.180. The Kier molecular flexibility index (Phi) is 6.00. The summed E-state index contributed by atoms with van der Waals surface area (Å²) in [6.45, 7) is 4.85. The molecule has 2 aliphatic carbocycles. The van der Waals surface area contributed by atoms with Crippen LogP contribution in [0, 0.1) is 0 Å². The van der Waals surface area contributed by atoms with Gasteiger partial charge in [0.2, 0.25) is 6.71 Å². The maximum absolute atomic E-state index is 2.68. The molecule has 1 saturated carbocycles. The highest BCUT2D eigenvalue weighted by molar-refractivity contribution is 7.25. The fourth-order valence-corrected chi connectivity index (χ4v) is 10.7. The number of nitrogens with zero attached hydrogens (tertiary/aromatic N) is 2. The Bertz CT molecular complexity index is 2310. The second-order valence-corrected chi connectivity index (χ2v) is 15.0. The number of hydrogen-bond donors (Lipinski definition) is 0. The summed E-state index contributed by atoms with van der Waals surface area (Å²) < 4.78 is 2.82. The lowest BCUT2D eigenvalue weighted by Gasteiger charge is -2.46. The fraction of sp³-hybridized carbons (Fsp3) is 0.209. The van der Waals surface area contributed by atoms with E-state index in [2.05, 4.69) is 139 Å². The number of hydrogen-bond acceptors (Lipinski definition) is 3. The molecule has 1 aromatic heterocycles. The van der Waals surface area contributed by atoms with Gasteiger partial charge in [-0.2, -0.15) is 0 Å². The number of fused-ring (bicyclic) bond motifs is 10. The molecule has 4 heteroatoms. The normalized spacial score (nSPS) is 17.5. The van der Waals surface area contributed by atoms with Gasteiger partial charge in [0.15, 0.2) is 0 Å². The maximum Gasteiger partial charge on any atom is 0.248 e. The molecule has 1 spiro atoms. The van der Waals surface area contributed by atoms with Crippen molar-refractivity contribution in [2.24, 2.45) is 0 Å². The van der Waals surface area contributed by atoms with Crippen molar-refractivity contribution < 1.29 is 0 Å². The highest BCUT2D eigenvalue weighted by atomic mass is 32.1. The lowest BCUT2D eigenvalue weighted by Crippen LogP contribution is -2.58. The van der Waals surface area contributed by atoms with Crippen LogP contribution in [0.1, 0.15) is 63.5 Å². The summed E-state index contributed by atoms with van der Waals surface area (Å²) in [6.07, 6.45) is 9.71. The monoisotopic (exact) mass is 624 g/mol. The molecule has 47 heavy (non-hydrogen) atoms. The lowest BCUT2D eigenvalue weighted by molar-refractivity contribution is 0.554. The van der Waals surface area contributed by atoms with Crippen LogP contribution in [0.2, 0.25) is 0 Å². The minimum absolute atomic E-state index is 0.0375. The molecule has 0 saturated heterocycles. The molecule has 10 rings (SSSR count). The predicted molar refractivity (Wildman–Crippen MR) is 204 cm³/mol. The van der Waals surface area contributed by atoms with Crippen molar-refractivity contribution in [3.05, 3.63) is 138 Å². The molecule has 0 bridgehead atoms. The Morgan fingerprint density at radius 2 is 1.53 bits per heavy atom. The molecular formula is C43H37BN2S. The van der Waals surface area contributed by atoms with Crippen molar-refractivity contribution in [2.45, 2.75) is 57.8 Å².